The Bertz CT molecular complexity index is 340. The van der Waals surface area contributed by atoms with E-state index in [9.17, 15) is 9.59 Å². The van der Waals surface area contributed by atoms with Crippen LogP contribution in [0, 0.1) is 0 Å². The summed E-state index contributed by atoms with van der Waals surface area (Å²) in [5.41, 5.74) is 0. The fourth-order valence-electron chi connectivity index (χ4n) is 1.06. The second kappa shape index (κ2) is 13.8. The van der Waals surface area contributed by atoms with Crippen LogP contribution in [0.25, 0.3) is 0 Å². The van der Waals surface area contributed by atoms with Crippen LogP contribution in [-0.2, 0) is 14.4 Å². The number of para-hydroxylation sites is 1. The number of carbonyl (C=O) groups excluding carboxylic acids is 3. The molecule has 0 radical (unpaired) electrons. The summed E-state index contributed by atoms with van der Waals surface area (Å²) in [6, 6.07) is 9.68. The molecule has 1 saturated heterocycles. The SMILES string of the molecule is C=O.COc1ccccc1.O.O.O=C1CCC(=O)N1. The van der Waals surface area contributed by atoms with Crippen LogP contribution in [0.4, 0.5) is 0 Å². The van der Waals surface area contributed by atoms with Crippen molar-refractivity contribution in [1.82, 2.24) is 5.32 Å². The van der Waals surface area contributed by atoms with Crippen molar-refractivity contribution < 1.29 is 30.1 Å². The van der Waals surface area contributed by atoms with E-state index in [1.807, 2.05) is 37.1 Å². The summed E-state index contributed by atoms with van der Waals surface area (Å²) in [5.74, 6) is 0.613. The standard InChI is InChI=1S/C7H8O.C4H5NO2.CH2O.2H2O/c1-8-7-5-3-2-4-6-7;6-3-1-2-4(7)5-3;1-2;;/h2-6H,1H3;1-2H2,(H,5,6,7);1H2;2*1H2. The largest absolute Gasteiger partial charge is 0.497 e. The Labute approximate surface area is 111 Å². The molecule has 0 unspecified atom stereocenters. The Morgan fingerprint density at radius 1 is 1.00 bits per heavy atom. The first-order valence-electron chi connectivity index (χ1n) is 4.93. The van der Waals surface area contributed by atoms with Crippen molar-refractivity contribution in [3.63, 3.8) is 0 Å². The number of benzene rings is 1. The summed E-state index contributed by atoms with van der Waals surface area (Å²) < 4.78 is 4.91. The van der Waals surface area contributed by atoms with Gasteiger partial charge >= 0.3 is 0 Å². The highest BCUT2D eigenvalue weighted by Crippen LogP contribution is 2.05. The lowest BCUT2D eigenvalue weighted by molar-refractivity contribution is -0.124. The Kier molecular flexibility index (Phi) is 16.0. The first-order chi connectivity index (χ1) is 8.22. The molecule has 19 heavy (non-hydrogen) atoms. The van der Waals surface area contributed by atoms with Crippen molar-refractivity contribution in [3.8, 4) is 5.75 Å². The predicted molar refractivity (Wildman–Crippen MR) is 69.7 cm³/mol. The van der Waals surface area contributed by atoms with Crippen LogP contribution in [0.3, 0.4) is 0 Å². The topological polar surface area (TPSA) is 135 Å². The molecule has 1 aliphatic rings. The van der Waals surface area contributed by atoms with Crippen molar-refractivity contribution >= 4 is 18.6 Å². The van der Waals surface area contributed by atoms with Crippen LogP contribution in [-0.4, -0.2) is 36.7 Å². The van der Waals surface area contributed by atoms with Crippen molar-refractivity contribution in [2.75, 3.05) is 7.11 Å². The van der Waals surface area contributed by atoms with E-state index in [2.05, 4.69) is 5.32 Å². The highest BCUT2D eigenvalue weighted by molar-refractivity contribution is 6.01. The second-order valence-electron chi connectivity index (χ2n) is 2.99. The maximum atomic E-state index is 10.1. The summed E-state index contributed by atoms with van der Waals surface area (Å²) >= 11 is 0. The van der Waals surface area contributed by atoms with Crippen LogP contribution >= 0.6 is 0 Å². The Balaban J connectivity index is -0.000000219. The third kappa shape index (κ3) is 10.6. The van der Waals surface area contributed by atoms with Gasteiger partial charge in [-0.25, -0.2) is 0 Å². The minimum Gasteiger partial charge on any atom is -0.497 e. The molecule has 2 amide bonds. The van der Waals surface area contributed by atoms with Gasteiger partial charge in [0.2, 0.25) is 11.8 Å². The van der Waals surface area contributed by atoms with E-state index in [0.717, 1.165) is 5.75 Å². The number of hydrogen-bond acceptors (Lipinski definition) is 4. The van der Waals surface area contributed by atoms with E-state index in [0.29, 0.717) is 12.8 Å². The maximum Gasteiger partial charge on any atom is 0.227 e. The van der Waals surface area contributed by atoms with Gasteiger partial charge in [-0.05, 0) is 12.1 Å². The zero-order valence-corrected chi connectivity index (χ0v) is 10.6. The summed E-state index contributed by atoms with van der Waals surface area (Å²) in [6.45, 7) is 2.00. The fraction of sp³-hybridized carbons (Fsp3) is 0.250. The van der Waals surface area contributed by atoms with E-state index in [1.165, 1.54) is 0 Å². The van der Waals surface area contributed by atoms with Gasteiger partial charge in [-0.3, -0.25) is 14.9 Å². The van der Waals surface area contributed by atoms with E-state index in [1.54, 1.807) is 7.11 Å². The number of hydrogen-bond donors (Lipinski definition) is 1. The third-order valence-corrected chi connectivity index (χ3v) is 1.84. The fourth-order valence-corrected chi connectivity index (χ4v) is 1.06. The molecule has 0 bridgehead atoms. The summed E-state index contributed by atoms with van der Waals surface area (Å²) in [6.07, 6.45) is 0.748. The lowest BCUT2D eigenvalue weighted by Gasteiger charge is -1.93. The molecule has 0 aliphatic carbocycles. The lowest BCUT2D eigenvalue weighted by Crippen LogP contribution is -2.18. The van der Waals surface area contributed by atoms with Gasteiger partial charge in [-0.15, -0.1) is 0 Å². The van der Waals surface area contributed by atoms with Gasteiger partial charge in [0.25, 0.3) is 0 Å². The van der Waals surface area contributed by atoms with Gasteiger partial charge in [-0.1, -0.05) is 18.2 Å². The second-order valence-corrected chi connectivity index (χ2v) is 2.99. The molecule has 7 heteroatoms. The van der Waals surface area contributed by atoms with Gasteiger partial charge in [-0.2, -0.15) is 0 Å². The van der Waals surface area contributed by atoms with E-state index >= 15 is 0 Å². The predicted octanol–water partition coefficient (Wildman–Crippen LogP) is -0.716. The summed E-state index contributed by atoms with van der Waals surface area (Å²) in [7, 11) is 1.66. The van der Waals surface area contributed by atoms with Crippen LogP contribution in [0.15, 0.2) is 30.3 Å². The molecule has 7 nitrogen and oxygen atoms in total. The lowest BCUT2D eigenvalue weighted by atomic mass is 10.3. The minimum atomic E-state index is -0.148. The van der Waals surface area contributed by atoms with Crippen molar-refractivity contribution in [2.45, 2.75) is 12.8 Å². The number of amides is 2. The molecule has 0 saturated carbocycles. The molecule has 5 N–H and O–H groups in total. The number of methoxy groups -OCH3 is 1. The summed E-state index contributed by atoms with van der Waals surface area (Å²) in [4.78, 5) is 28.2. The van der Waals surface area contributed by atoms with Crippen molar-refractivity contribution in [2.24, 2.45) is 0 Å². The summed E-state index contributed by atoms with van der Waals surface area (Å²) in [5, 5.41) is 2.14. The molecule has 1 aliphatic heterocycles. The van der Waals surface area contributed by atoms with Gasteiger partial charge in [0.1, 0.15) is 12.5 Å². The first kappa shape index (κ1) is 22.0. The average molecular weight is 273 g/mol. The van der Waals surface area contributed by atoms with Crippen LogP contribution in [0.1, 0.15) is 12.8 Å². The molecule has 1 heterocycles. The minimum absolute atomic E-state index is 0. The van der Waals surface area contributed by atoms with E-state index in [-0.39, 0.29) is 22.8 Å². The number of ether oxygens (including phenoxy) is 1. The van der Waals surface area contributed by atoms with Crippen LogP contribution in [0.2, 0.25) is 0 Å². The Hall–Kier alpha value is -2.25. The molecular formula is C12H19NO6. The molecule has 2 rings (SSSR count). The molecule has 108 valence electrons. The van der Waals surface area contributed by atoms with Gasteiger partial charge in [0, 0.05) is 12.8 Å². The number of imide groups is 1. The smallest absolute Gasteiger partial charge is 0.227 e. The van der Waals surface area contributed by atoms with E-state index < -0.39 is 0 Å². The molecule has 0 atom stereocenters. The van der Waals surface area contributed by atoms with Crippen LogP contribution in [0.5, 0.6) is 5.75 Å². The Morgan fingerprint density at radius 3 is 1.63 bits per heavy atom. The number of rotatable bonds is 1. The van der Waals surface area contributed by atoms with E-state index in [4.69, 9.17) is 9.53 Å². The van der Waals surface area contributed by atoms with Gasteiger partial charge in [0.05, 0.1) is 7.11 Å². The first-order valence-corrected chi connectivity index (χ1v) is 4.93. The monoisotopic (exact) mass is 273 g/mol. The number of nitrogens with one attached hydrogen (secondary N) is 1. The highest BCUT2D eigenvalue weighted by Gasteiger charge is 2.15. The zero-order valence-electron chi connectivity index (χ0n) is 10.6. The third-order valence-electron chi connectivity index (χ3n) is 1.84. The zero-order chi connectivity index (χ0) is 13.1. The van der Waals surface area contributed by atoms with Gasteiger partial charge < -0.3 is 20.5 Å². The number of carbonyl (C=O) groups is 3. The maximum absolute atomic E-state index is 10.1. The quantitative estimate of drug-likeness (QED) is 0.675. The Morgan fingerprint density at radius 2 is 1.42 bits per heavy atom. The molecule has 0 aromatic heterocycles. The molecule has 1 fully saturated rings. The highest BCUT2D eigenvalue weighted by atomic mass is 16.5. The van der Waals surface area contributed by atoms with Crippen molar-refractivity contribution in [3.05, 3.63) is 30.3 Å². The molecule has 0 spiro atoms. The molecule has 1 aromatic rings. The van der Waals surface area contributed by atoms with Crippen LogP contribution < -0.4 is 10.1 Å². The molecular weight excluding hydrogens is 254 g/mol. The molecule has 1 aromatic carbocycles. The average Bonchev–Trinajstić information content (AvgIpc) is 2.77. The van der Waals surface area contributed by atoms with Crippen molar-refractivity contribution in [1.29, 1.82) is 0 Å². The van der Waals surface area contributed by atoms with Gasteiger partial charge in [0.15, 0.2) is 0 Å². The normalized spacial score (nSPS) is 11.2.